The molecule has 1 unspecified atom stereocenters. The van der Waals surface area contributed by atoms with E-state index in [1.807, 2.05) is 13.1 Å². The third kappa shape index (κ3) is 3.49. The molecular weight excluding hydrogens is 250 g/mol. The molecule has 0 amide bonds. The zero-order chi connectivity index (χ0) is 14.5. The van der Waals surface area contributed by atoms with Crippen LogP contribution in [-0.4, -0.2) is 43.2 Å². The van der Waals surface area contributed by atoms with E-state index in [2.05, 4.69) is 29.0 Å². The maximum atomic E-state index is 5.45. The topological polar surface area (TPSA) is 37.4 Å². The van der Waals surface area contributed by atoms with Crippen LogP contribution in [0, 0.1) is 19.8 Å². The van der Waals surface area contributed by atoms with Crippen LogP contribution in [0.2, 0.25) is 0 Å². The zero-order valence-corrected chi connectivity index (χ0v) is 13.2. The van der Waals surface area contributed by atoms with Gasteiger partial charge in [0.1, 0.15) is 5.75 Å². The highest BCUT2D eigenvalue weighted by atomic mass is 16.5. The molecule has 20 heavy (non-hydrogen) atoms. The van der Waals surface area contributed by atoms with Gasteiger partial charge in [0.05, 0.1) is 12.8 Å². The van der Waals surface area contributed by atoms with Crippen molar-refractivity contribution in [3.8, 4) is 5.75 Å². The second kappa shape index (κ2) is 7.04. The van der Waals surface area contributed by atoms with Crippen molar-refractivity contribution in [1.29, 1.82) is 0 Å². The molecule has 1 N–H and O–H groups in total. The minimum atomic E-state index is 0.780. The number of nitrogens with one attached hydrogen (secondary N) is 1. The van der Waals surface area contributed by atoms with Gasteiger partial charge in [-0.2, -0.15) is 0 Å². The predicted molar refractivity (Wildman–Crippen MR) is 82.2 cm³/mol. The number of aryl methyl sites for hydroxylation is 1. The highest BCUT2D eigenvalue weighted by Crippen LogP contribution is 2.24. The lowest BCUT2D eigenvalue weighted by Gasteiger charge is -2.15. The molecule has 0 radical (unpaired) electrons. The van der Waals surface area contributed by atoms with E-state index in [0.717, 1.165) is 41.6 Å². The summed E-state index contributed by atoms with van der Waals surface area (Å²) in [5.74, 6) is 1.75. The van der Waals surface area contributed by atoms with Gasteiger partial charge in [0, 0.05) is 30.4 Å². The number of pyridine rings is 1. The maximum absolute atomic E-state index is 5.45. The normalized spacial score (nSPS) is 19.5. The molecule has 1 saturated heterocycles. The molecule has 0 saturated carbocycles. The molecular formula is C16H27N3O. The standard InChI is InChI=1S/C16H27N3O/c1-5-19-7-6-14(11-19)9-17-10-15-13(3)16(20-4)12(2)8-18-15/h8,14,17H,5-7,9-11H2,1-4H3. The lowest BCUT2D eigenvalue weighted by atomic mass is 10.1. The van der Waals surface area contributed by atoms with Crippen LogP contribution in [0.1, 0.15) is 30.2 Å². The summed E-state index contributed by atoms with van der Waals surface area (Å²) in [6.07, 6.45) is 3.21. The summed E-state index contributed by atoms with van der Waals surface area (Å²) in [6.45, 7) is 11.9. The van der Waals surface area contributed by atoms with Gasteiger partial charge in [-0.3, -0.25) is 4.98 Å². The number of likely N-dealkylation sites (tertiary alicyclic amines) is 1. The van der Waals surface area contributed by atoms with Gasteiger partial charge < -0.3 is 15.0 Å². The first-order valence-corrected chi connectivity index (χ1v) is 7.57. The Labute approximate surface area is 122 Å². The van der Waals surface area contributed by atoms with Crippen LogP contribution in [0.4, 0.5) is 0 Å². The van der Waals surface area contributed by atoms with Crippen LogP contribution in [0.25, 0.3) is 0 Å². The molecule has 1 fully saturated rings. The lowest BCUT2D eigenvalue weighted by molar-refractivity contribution is 0.338. The highest BCUT2D eigenvalue weighted by Gasteiger charge is 2.20. The highest BCUT2D eigenvalue weighted by molar-refractivity contribution is 5.40. The van der Waals surface area contributed by atoms with Gasteiger partial charge in [-0.1, -0.05) is 6.92 Å². The van der Waals surface area contributed by atoms with E-state index in [0.29, 0.717) is 0 Å². The van der Waals surface area contributed by atoms with Crippen LogP contribution in [-0.2, 0) is 6.54 Å². The quantitative estimate of drug-likeness (QED) is 0.864. The number of rotatable bonds is 6. The van der Waals surface area contributed by atoms with Gasteiger partial charge in [-0.15, -0.1) is 0 Å². The van der Waals surface area contributed by atoms with Gasteiger partial charge in [0.2, 0.25) is 0 Å². The number of hydrogen-bond donors (Lipinski definition) is 1. The van der Waals surface area contributed by atoms with E-state index in [4.69, 9.17) is 4.74 Å². The third-order valence-corrected chi connectivity index (χ3v) is 4.29. The Morgan fingerprint density at radius 3 is 2.90 bits per heavy atom. The number of hydrogen-bond acceptors (Lipinski definition) is 4. The average molecular weight is 277 g/mol. The zero-order valence-electron chi connectivity index (χ0n) is 13.2. The Bertz CT molecular complexity index is 448. The summed E-state index contributed by atoms with van der Waals surface area (Å²) in [4.78, 5) is 7.05. The van der Waals surface area contributed by atoms with Crippen LogP contribution in [0.15, 0.2) is 6.20 Å². The predicted octanol–water partition coefficient (Wildman–Crippen LogP) is 2.14. The van der Waals surface area contributed by atoms with E-state index < -0.39 is 0 Å². The van der Waals surface area contributed by atoms with Crippen molar-refractivity contribution in [3.63, 3.8) is 0 Å². The first-order valence-electron chi connectivity index (χ1n) is 7.57. The molecule has 1 aliphatic heterocycles. The van der Waals surface area contributed by atoms with E-state index >= 15 is 0 Å². The molecule has 2 heterocycles. The van der Waals surface area contributed by atoms with E-state index in [1.54, 1.807) is 7.11 Å². The first kappa shape index (κ1) is 15.3. The fraction of sp³-hybridized carbons (Fsp3) is 0.688. The third-order valence-electron chi connectivity index (χ3n) is 4.29. The second-order valence-corrected chi connectivity index (χ2v) is 5.72. The van der Waals surface area contributed by atoms with Gasteiger partial charge in [0.25, 0.3) is 0 Å². The Hall–Kier alpha value is -1.13. The van der Waals surface area contributed by atoms with Crippen molar-refractivity contribution in [1.82, 2.24) is 15.2 Å². The summed E-state index contributed by atoms with van der Waals surface area (Å²) in [5, 5.41) is 3.56. The molecule has 0 spiro atoms. The summed E-state index contributed by atoms with van der Waals surface area (Å²) < 4.78 is 5.45. The first-order chi connectivity index (χ1) is 9.65. The second-order valence-electron chi connectivity index (χ2n) is 5.72. The summed E-state index contributed by atoms with van der Waals surface area (Å²) in [6, 6.07) is 0. The maximum Gasteiger partial charge on any atom is 0.128 e. The smallest absolute Gasteiger partial charge is 0.128 e. The number of aromatic nitrogens is 1. The largest absolute Gasteiger partial charge is 0.496 e. The molecule has 0 bridgehead atoms. The number of ether oxygens (including phenoxy) is 1. The lowest BCUT2D eigenvalue weighted by Crippen LogP contribution is -2.26. The SMILES string of the molecule is CCN1CCC(CNCc2ncc(C)c(OC)c2C)C1. The van der Waals surface area contributed by atoms with Crippen LogP contribution < -0.4 is 10.1 Å². The summed E-state index contributed by atoms with van der Waals surface area (Å²) in [7, 11) is 1.73. The van der Waals surface area contributed by atoms with Crippen LogP contribution in [0.3, 0.4) is 0 Å². The van der Waals surface area contributed by atoms with Crippen molar-refractivity contribution in [2.24, 2.45) is 5.92 Å². The van der Waals surface area contributed by atoms with Crippen molar-refractivity contribution in [3.05, 3.63) is 23.0 Å². The Balaban J connectivity index is 1.86. The van der Waals surface area contributed by atoms with Gasteiger partial charge >= 0.3 is 0 Å². The van der Waals surface area contributed by atoms with E-state index in [9.17, 15) is 0 Å². The summed E-state index contributed by atoms with van der Waals surface area (Å²) in [5.41, 5.74) is 3.35. The molecule has 112 valence electrons. The minimum Gasteiger partial charge on any atom is -0.496 e. The van der Waals surface area contributed by atoms with Gasteiger partial charge in [-0.25, -0.2) is 0 Å². The Kier molecular flexibility index (Phi) is 5.38. The Morgan fingerprint density at radius 2 is 2.25 bits per heavy atom. The van der Waals surface area contributed by atoms with Gasteiger partial charge in [-0.05, 0) is 45.8 Å². The molecule has 0 aliphatic carbocycles. The van der Waals surface area contributed by atoms with Crippen LogP contribution >= 0.6 is 0 Å². The van der Waals surface area contributed by atoms with Gasteiger partial charge in [0.15, 0.2) is 0 Å². The molecule has 1 aromatic rings. The number of nitrogens with zero attached hydrogens (tertiary/aromatic N) is 2. The average Bonchev–Trinajstić information content (AvgIpc) is 2.90. The van der Waals surface area contributed by atoms with Crippen molar-refractivity contribution >= 4 is 0 Å². The molecule has 4 nitrogen and oxygen atoms in total. The number of methoxy groups -OCH3 is 1. The summed E-state index contributed by atoms with van der Waals surface area (Å²) >= 11 is 0. The Morgan fingerprint density at radius 1 is 1.45 bits per heavy atom. The molecule has 1 aliphatic rings. The fourth-order valence-corrected chi connectivity index (χ4v) is 3.01. The minimum absolute atomic E-state index is 0.780. The van der Waals surface area contributed by atoms with Crippen molar-refractivity contribution in [2.75, 3.05) is 33.3 Å². The molecule has 2 rings (SSSR count). The van der Waals surface area contributed by atoms with Crippen LogP contribution in [0.5, 0.6) is 5.75 Å². The molecule has 1 atom stereocenters. The molecule has 0 aromatic carbocycles. The fourth-order valence-electron chi connectivity index (χ4n) is 3.01. The molecule has 1 aromatic heterocycles. The van der Waals surface area contributed by atoms with Crippen molar-refractivity contribution < 1.29 is 4.74 Å². The van der Waals surface area contributed by atoms with E-state index in [-0.39, 0.29) is 0 Å². The monoisotopic (exact) mass is 277 g/mol. The van der Waals surface area contributed by atoms with Crippen molar-refractivity contribution in [2.45, 2.75) is 33.7 Å². The van der Waals surface area contributed by atoms with E-state index in [1.165, 1.54) is 26.1 Å². The molecule has 4 heteroatoms.